The number of nitrogens with one attached hydrogen (secondary N) is 1. The third-order valence-electron chi connectivity index (χ3n) is 2.76. The van der Waals surface area contributed by atoms with Gasteiger partial charge in [-0.15, -0.1) is 0 Å². The molecule has 1 rings (SSSR count). The maximum Gasteiger partial charge on any atom is 0.245 e. The molecule has 1 fully saturated rings. The molecule has 0 aliphatic carbocycles. The minimum Gasteiger partial charge on any atom is -0.395 e. The van der Waals surface area contributed by atoms with Gasteiger partial charge in [-0.05, 0) is 12.8 Å². The number of rotatable bonds is 6. The molecule has 92 valence electrons. The molecular weight excluding hydrogens is 208 g/mol. The lowest BCUT2D eigenvalue weighted by atomic mass is 10.2. The van der Waals surface area contributed by atoms with Gasteiger partial charge in [0, 0.05) is 19.5 Å². The number of amides is 2. The predicted molar refractivity (Wildman–Crippen MR) is 59.7 cm³/mol. The third-order valence-corrected chi connectivity index (χ3v) is 2.76. The maximum absolute atomic E-state index is 12.0. The summed E-state index contributed by atoms with van der Waals surface area (Å²) in [4.78, 5) is 24.6. The summed E-state index contributed by atoms with van der Waals surface area (Å²) in [6.45, 7) is 3.03. The Bertz CT molecular complexity index is 256. The van der Waals surface area contributed by atoms with Crippen LogP contribution in [0.3, 0.4) is 0 Å². The molecule has 1 aliphatic heterocycles. The maximum atomic E-state index is 12.0. The van der Waals surface area contributed by atoms with E-state index in [1.165, 1.54) is 0 Å². The summed E-state index contributed by atoms with van der Waals surface area (Å²) in [5, 5.41) is 11.6. The van der Waals surface area contributed by atoms with Gasteiger partial charge >= 0.3 is 0 Å². The minimum absolute atomic E-state index is 0.0316. The fourth-order valence-corrected chi connectivity index (χ4v) is 1.82. The molecule has 16 heavy (non-hydrogen) atoms. The van der Waals surface area contributed by atoms with Crippen molar-refractivity contribution < 1.29 is 14.7 Å². The molecule has 2 N–H and O–H groups in total. The molecule has 1 atom stereocenters. The monoisotopic (exact) mass is 228 g/mol. The van der Waals surface area contributed by atoms with Crippen molar-refractivity contribution in [2.45, 2.75) is 38.6 Å². The van der Waals surface area contributed by atoms with E-state index < -0.39 is 0 Å². The van der Waals surface area contributed by atoms with E-state index in [1.54, 1.807) is 4.90 Å². The van der Waals surface area contributed by atoms with Gasteiger partial charge in [0.2, 0.25) is 11.8 Å². The van der Waals surface area contributed by atoms with Crippen LogP contribution in [0.25, 0.3) is 0 Å². The Kier molecular flexibility index (Phi) is 5.25. The van der Waals surface area contributed by atoms with E-state index in [4.69, 9.17) is 5.11 Å². The van der Waals surface area contributed by atoms with Crippen molar-refractivity contribution in [3.63, 3.8) is 0 Å². The van der Waals surface area contributed by atoms with Crippen LogP contribution < -0.4 is 5.32 Å². The first-order chi connectivity index (χ1) is 7.69. The van der Waals surface area contributed by atoms with Crippen molar-refractivity contribution in [3.8, 4) is 0 Å². The van der Waals surface area contributed by atoms with Gasteiger partial charge in [0.05, 0.1) is 6.61 Å². The van der Waals surface area contributed by atoms with E-state index in [0.717, 1.165) is 12.8 Å². The van der Waals surface area contributed by atoms with Gasteiger partial charge in [-0.3, -0.25) is 9.59 Å². The fraction of sp³-hybridized carbons (Fsp3) is 0.818. The van der Waals surface area contributed by atoms with Crippen molar-refractivity contribution in [2.75, 3.05) is 19.7 Å². The van der Waals surface area contributed by atoms with Crippen molar-refractivity contribution in [3.05, 3.63) is 0 Å². The molecule has 1 unspecified atom stereocenters. The highest BCUT2D eigenvalue weighted by atomic mass is 16.3. The van der Waals surface area contributed by atoms with Crippen LogP contribution in [0.1, 0.15) is 32.6 Å². The van der Waals surface area contributed by atoms with Gasteiger partial charge in [-0.25, -0.2) is 0 Å². The van der Waals surface area contributed by atoms with Gasteiger partial charge in [0.15, 0.2) is 0 Å². The van der Waals surface area contributed by atoms with Crippen LogP contribution in [0.5, 0.6) is 0 Å². The molecule has 0 saturated carbocycles. The fourth-order valence-electron chi connectivity index (χ4n) is 1.82. The lowest BCUT2D eigenvalue weighted by Gasteiger charge is -2.24. The van der Waals surface area contributed by atoms with Crippen LogP contribution in [0.4, 0.5) is 0 Å². The molecule has 1 aliphatic rings. The van der Waals surface area contributed by atoms with Gasteiger partial charge in [0.25, 0.3) is 0 Å². The average molecular weight is 228 g/mol. The Morgan fingerprint density at radius 1 is 1.56 bits per heavy atom. The van der Waals surface area contributed by atoms with Crippen LogP contribution in [-0.4, -0.2) is 47.6 Å². The minimum atomic E-state index is -0.379. The Labute approximate surface area is 95.8 Å². The summed E-state index contributed by atoms with van der Waals surface area (Å²) >= 11 is 0. The molecule has 0 radical (unpaired) electrons. The van der Waals surface area contributed by atoms with Crippen LogP contribution in [-0.2, 0) is 9.59 Å². The molecule has 1 heterocycles. The Hall–Kier alpha value is -1.10. The topological polar surface area (TPSA) is 69.6 Å². The largest absolute Gasteiger partial charge is 0.395 e. The highest BCUT2D eigenvalue weighted by Gasteiger charge is 2.30. The Balaban J connectivity index is 2.48. The first-order valence-corrected chi connectivity index (χ1v) is 5.88. The number of nitrogens with zero attached hydrogens (tertiary/aromatic N) is 1. The van der Waals surface area contributed by atoms with E-state index in [2.05, 4.69) is 12.2 Å². The molecule has 0 bridgehead atoms. The smallest absolute Gasteiger partial charge is 0.245 e. The van der Waals surface area contributed by atoms with Crippen LogP contribution >= 0.6 is 0 Å². The molecule has 0 aromatic heterocycles. The summed E-state index contributed by atoms with van der Waals surface area (Å²) in [7, 11) is 0. The second-order valence-electron chi connectivity index (χ2n) is 4.06. The number of aliphatic hydroxyl groups is 1. The van der Waals surface area contributed by atoms with Crippen LogP contribution in [0, 0.1) is 0 Å². The van der Waals surface area contributed by atoms with E-state index in [-0.39, 0.29) is 24.5 Å². The third kappa shape index (κ3) is 3.48. The Morgan fingerprint density at radius 2 is 2.31 bits per heavy atom. The van der Waals surface area contributed by atoms with Crippen molar-refractivity contribution in [2.24, 2.45) is 0 Å². The summed E-state index contributed by atoms with van der Waals surface area (Å²) in [5.74, 6) is -0.119. The van der Waals surface area contributed by atoms with Gasteiger partial charge < -0.3 is 15.3 Å². The van der Waals surface area contributed by atoms with E-state index in [0.29, 0.717) is 25.9 Å². The zero-order valence-electron chi connectivity index (χ0n) is 9.74. The number of hydrogen-bond acceptors (Lipinski definition) is 3. The second kappa shape index (κ2) is 6.48. The molecule has 0 aromatic rings. The van der Waals surface area contributed by atoms with Crippen LogP contribution in [0.15, 0.2) is 0 Å². The number of hydrogen-bond donors (Lipinski definition) is 2. The molecule has 5 heteroatoms. The van der Waals surface area contributed by atoms with Crippen molar-refractivity contribution >= 4 is 11.8 Å². The second-order valence-corrected chi connectivity index (χ2v) is 4.06. The van der Waals surface area contributed by atoms with E-state index in [1.807, 2.05) is 0 Å². The van der Waals surface area contributed by atoms with Crippen molar-refractivity contribution in [1.29, 1.82) is 0 Å². The summed E-state index contributed by atoms with van der Waals surface area (Å²) in [6, 6.07) is -0.379. The zero-order valence-corrected chi connectivity index (χ0v) is 9.74. The first kappa shape index (κ1) is 13.0. The Morgan fingerprint density at radius 3 is 2.81 bits per heavy atom. The standard InChI is InChI=1S/C11H20N2O3/c1-2-3-6-13(7-8-14)11(16)9-4-5-10(15)12-9/h9,14H,2-8H2,1H3,(H,12,15). The molecule has 0 spiro atoms. The molecule has 5 nitrogen and oxygen atoms in total. The lowest BCUT2D eigenvalue weighted by molar-refractivity contribution is -0.134. The van der Waals surface area contributed by atoms with Gasteiger partial charge in [-0.2, -0.15) is 0 Å². The van der Waals surface area contributed by atoms with Gasteiger partial charge in [-0.1, -0.05) is 13.3 Å². The van der Waals surface area contributed by atoms with E-state index in [9.17, 15) is 9.59 Å². The lowest BCUT2D eigenvalue weighted by Crippen LogP contribution is -2.45. The highest BCUT2D eigenvalue weighted by molar-refractivity contribution is 5.90. The average Bonchev–Trinajstić information content (AvgIpc) is 2.70. The summed E-state index contributed by atoms with van der Waals surface area (Å²) in [5.41, 5.74) is 0. The zero-order chi connectivity index (χ0) is 12.0. The highest BCUT2D eigenvalue weighted by Crippen LogP contribution is 2.10. The first-order valence-electron chi connectivity index (χ1n) is 5.88. The molecule has 2 amide bonds. The predicted octanol–water partition coefficient (Wildman–Crippen LogP) is -0.114. The molecular formula is C11H20N2O3. The van der Waals surface area contributed by atoms with Crippen LogP contribution in [0.2, 0.25) is 0 Å². The van der Waals surface area contributed by atoms with Crippen molar-refractivity contribution in [1.82, 2.24) is 10.2 Å². The summed E-state index contributed by atoms with van der Waals surface area (Å²) in [6.07, 6.45) is 2.93. The quantitative estimate of drug-likeness (QED) is 0.666. The summed E-state index contributed by atoms with van der Waals surface area (Å²) < 4.78 is 0. The normalized spacial score (nSPS) is 19.6. The van der Waals surface area contributed by atoms with E-state index >= 15 is 0 Å². The number of aliphatic hydroxyl groups excluding tert-OH is 1. The molecule has 0 aromatic carbocycles. The molecule has 1 saturated heterocycles. The number of carbonyl (C=O) groups excluding carboxylic acids is 2. The number of unbranched alkanes of at least 4 members (excludes halogenated alkanes) is 1. The number of carbonyl (C=O) groups is 2. The SMILES string of the molecule is CCCCN(CCO)C(=O)C1CCC(=O)N1. The van der Waals surface area contributed by atoms with Gasteiger partial charge in [0.1, 0.15) is 6.04 Å².